The molecule has 0 radical (unpaired) electrons. The molecule has 1 heterocycles. The Bertz CT molecular complexity index is 165. The van der Waals surface area contributed by atoms with Crippen LogP contribution in [0, 0.1) is 0 Å². The van der Waals surface area contributed by atoms with Crippen molar-refractivity contribution in [2.45, 2.75) is 58.2 Å². The molecule has 1 unspecified atom stereocenters. The number of rotatable bonds is 3. The highest BCUT2D eigenvalue weighted by atomic mass is 16.5. The Morgan fingerprint density at radius 1 is 1.08 bits per heavy atom. The molecule has 1 saturated heterocycles. The minimum Gasteiger partial charge on any atom is -0.366 e. The average Bonchev–Trinajstić information content (AvgIpc) is 2.18. The van der Waals surface area contributed by atoms with Crippen LogP contribution in [0.1, 0.15) is 47.0 Å². The molecule has 1 aliphatic rings. The fraction of sp³-hybridized carbons (Fsp3) is 1.00. The zero-order valence-corrected chi connectivity index (χ0v) is 9.44. The van der Waals surface area contributed by atoms with Crippen LogP contribution >= 0.6 is 0 Å². The van der Waals surface area contributed by atoms with Gasteiger partial charge in [0.1, 0.15) is 0 Å². The van der Waals surface area contributed by atoms with E-state index < -0.39 is 0 Å². The average molecular weight is 185 g/mol. The maximum atomic E-state index is 6.25. The van der Waals surface area contributed by atoms with Gasteiger partial charge in [-0.05, 0) is 26.2 Å². The van der Waals surface area contributed by atoms with Crippen molar-refractivity contribution in [3.8, 4) is 0 Å². The fourth-order valence-electron chi connectivity index (χ4n) is 1.99. The largest absolute Gasteiger partial charge is 0.366 e. The molecule has 1 fully saturated rings. The van der Waals surface area contributed by atoms with Gasteiger partial charge in [-0.15, -0.1) is 0 Å². The summed E-state index contributed by atoms with van der Waals surface area (Å²) in [7, 11) is 0. The Morgan fingerprint density at radius 2 is 1.69 bits per heavy atom. The summed E-state index contributed by atoms with van der Waals surface area (Å²) >= 11 is 0. The summed E-state index contributed by atoms with van der Waals surface area (Å²) in [5.41, 5.74) is 0.132. The first-order valence-corrected chi connectivity index (χ1v) is 5.50. The Hall–Kier alpha value is -0.0800. The van der Waals surface area contributed by atoms with Gasteiger partial charge in [-0.3, -0.25) is 0 Å². The molecule has 0 aromatic rings. The summed E-state index contributed by atoms with van der Waals surface area (Å²) in [4.78, 5) is 0. The third-order valence-electron chi connectivity index (χ3n) is 3.45. The van der Waals surface area contributed by atoms with Gasteiger partial charge in [0.25, 0.3) is 0 Å². The van der Waals surface area contributed by atoms with E-state index in [9.17, 15) is 0 Å². The van der Waals surface area contributed by atoms with Crippen LogP contribution in [0.5, 0.6) is 0 Å². The second kappa shape index (κ2) is 3.97. The fourth-order valence-corrected chi connectivity index (χ4v) is 1.99. The van der Waals surface area contributed by atoms with E-state index in [1.807, 2.05) is 0 Å². The summed E-state index contributed by atoms with van der Waals surface area (Å²) in [5.74, 6) is 0. The third kappa shape index (κ3) is 2.23. The van der Waals surface area contributed by atoms with Crippen molar-refractivity contribution in [1.82, 2.24) is 5.32 Å². The summed E-state index contributed by atoms with van der Waals surface area (Å²) in [6, 6.07) is 0. The van der Waals surface area contributed by atoms with Crippen LogP contribution in [-0.2, 0) is 4.74 Å². The molecule has 1 aliphatic heterocycles. The zero-order valence-electron chi connectivity index (χ0n) is 9.44. The smallest absolute Gasteiger partial charge is 0.0809 e. The molecule has 1 atom stereocenters. The highest BCUT2D eigenvalue weighted by Gasteiger charge is 2.39. The standard InChI is InChI=1S/C11H23NO/c1-5-10(4)8-12-9-11(6-2,7-3)13-10/h12H,5-9H2,1-4H3. The van der Waals surface area contributed by atoms with Crippen molar-refractivity contribution in [1.29, 1.82) is 0 Å². The lowest BCUT2D eigenvalue weighted by Crippen LogP contribution is -2.58. The van der Waals surface area contributed by atoms with E-state index in [0.717, 1.165) is 32.4 Å². The Labute approximate surface area is 82.0 Å². The Balaban J connectivity index is 2.69. The number of ether oxygens (including phenoxy) is 1. The van der Waals surface area contributed by atoms with Gasteiger partial charge >= 0.3 is 0 Å². The van der Waals surface area contributed by atoms with Crippen LogP contribution in [0.4, 0.5) is 0 Å². The predicted molar refractivity (Wildman–Crippen MR) is 56.0 cm³/mol. The molecule has 0 aromatic carbocycles. The summed E-state index contributed by atoms with van der Waals surface area (Å²) in [5, 5.41) is 3.49. The molecule has 0 spiro atoms. The van der Waals surface area contributed by atoms with E-state index >= 15 is 0 Å². The normalized spacial score (nSPS) is 33.2. The lowest BCUT2D eigenvalue weighted by molar-refractivity contribution is -0.174. The molecular formula is C11H23NO. The first-order chi connectivity index (χ1) is 6.10. The minimum absolute atomic E-state index is 0.0459. The van der Waals surface area contributed by atoms with Crippen molar-refractivity contribution < 1.29 is 4.74 Å². The first-order valence-electron chi connectivity index (χ1n) is 5.50. The van der Waals surface area contributed by atoms with E-state index in [0.29, 0.717) is 0 Å². The van der Waals surface area contributed by atoms with Gasteiger partial charge in [-0.25, -0.2) is 0 Å². The second-order valence-electron chi connectivity index (χ2n) is 4.40. The highest BCUT2D eigenvalue weighted by molar-refractivity contribution is 4.92. The van der Waals surface area contributed by atoms with E-state index in [4.69, 9.17) is 4.74 Å². The molecule has 78 valence electrons. The number of hydrogen-bond acceptors (Lipinski definition) is 2. The molecule has 0 amide bonds. The van der Waals surface area contributed by atoms with Gasteiger partial charge in [0.05, 0.1) is 11.2 Å². The lowest BCUT2D eigenvalue weighted by Gasteiger charge is -2.46. The van der Waals surface area contributed by atoms with Crippen molar-refractivity contribution in [3.63, 3.8) is 0 Å². The van der Waals surface area contributed by atoms with Crippen molar-refractivity contribution in [2.24, 2.45) is 0 Å². The van der Waals surface area contributed by atoms with Crippen LogP contribution in [0.25, 0.3) is 0 Å². The Kier molecular flexibility index (Phi) is 3.36. The van der Waals surface area contributed by atoms with Crippen LogP contribution in [-0.4, -0.2) is 24.3 Å². The van der Waals surface area contributed by atoms with Gasteiger partial charge in [0.15, 0.2) is 0 Å². The van der Waals surface area contributed by atoms with Gasteiger partial charge in [-0.2, -0.15) is 0 Å². The van der Waals surface area contributed by atoms with Crippen molar-refractivity contribution in [2.75, 3.05) is 13.1 Å². The quantitative estimate of drug-likeness (QED) is 0.728. The SMILES string of the molecule is CCC1(C)CNCC(CC)(CC)O1. The van der Waals surface area contributed by atoms with Crippen molar-refractivity contribution >= 4 is 0 Å². The first kappa shape index (κ1) is 11.0. The van der Waals surface area contributed by atoms with Gasteiger partial charge in [-0.1, -0.05) is 20.8 Å². The topological polar surface area (TPSA) is 21.3 Å². The van der Waals surface area contributed by atoms with Gasteiger partial charge < -0.3 is 10.1 Å². The molecule has 0 aliphatic carbocycles. The van der Waals surface area contributed by atoms with E-state index in [-0.39, 0.29) is 11.2 Å². The van der Waals surface area contributed by atoms with Crippen LogP contribution in [0.15, 0.2) is 0 Å². The molecule has 2 nitrogen and oxygen atoms in total. The molecule has 0 aromatic heterocycles. The number of nitrogens with one attached hydrogen (secondary N) is 1. The van der Waals surface area contributed by atoms with Crippen LogP contribution in [0.3, 0.4) is 0 Å². The monoisotopic (exact) mass is 185 g/mol. The van der Waals surface area contributed by atoms with Crippen LogP contribution < -0.4 is 5.32 Å². The minimum atomic E-state index is 0.0459. The van der Waals surface area contributed by atoms with Crippen LogP contribution in [0.2, 0.25) is 0 Å². The van der Waals surface area contributed by atoms with Gasteiger partial charge in [0, 0.05) is 13.1 Å². The molecule has 0 bridgehead atoms. The third-order valence-corrected chi connectivity index (χ3v) is 3.45. The molecule has 13 heavy (non-hydrogen) atoms. The highest BCUT2D eigenvalue weighted by Crippen LogP contribution is 2.31. The summed E-state index contributed by atoms with van der Waals surface area (Å²) in [6.45, 7) is 10.8. The second-order valence-corrected chi connectivity index (χ2v) is 4.40. The van der Waals surface area contributed by atoms with Gasteiger partial charge in [0.2, 0.25) is 0 Å². The maximum absolute atomic E-state index is 6.25. The molecule has 0 saturated carbocycles. The maximum Gasteiger partial charge on any atom is 0.0809 e. The van der Waals surface area contributed by atoms with E-state index in [1.165, 1.54) is 0 Å². The molecule has 1 rings (SSSR count). The van der Waals surface area contributed by atoms with E-state index in [1.54, 1.807) is 0 Å². The summed E-state index contributed by atoms with van der Waals surface area (Å²) < 4.78 is 6.25. The molecule has 2 heteroatoms. The predicted octanol–water partition coefficient (Wildman–Crippen LogP) is 2.33. The van der Waals surface area contributed by atoms with E-state index in [2.05, 4.69) is 33.0 Å². The number of hydrogen-bond donors (Lipinski definition) is 1. The lowest BCUT2D eigenvalue weighted by atomic mass is 9.90. The molecule has 1 N–H and O–H groups in total. The zero-order chi connectivity index (χ0) is 9.95. The molecular weight excluding hydrogens is 162 g/mol. The summed E-state index contributed by atoms with van der Waals surface area (Å²) in [6.07, 6.45) is 3.29. The number of morpholine rings is 1. The Morgan fingerprint density at radius 3 is 2.15 bits per heavy atom. The van der Waals surface area contributed by atoms with Crippen molar-refractivity contribution in [3.05, 3.63) is 0 Å².